The molecule has 0 N–H and O–H groups in total. The van der Waals surface area contributed by atoms with Crippen LogP contribution in [-0.2, 0) is 32.1 Å². The fourth-order valence-electron chi connectivity index (χ4n) is 8.14. The zero-order valence-electron chi connectivity index (χ0n) is 27.0. The third-order valence-electron chi connectivity index (χ3n) is 10.5. The first-order chi connectivity index (χ1) is 20.6. The first-order valence-electron chi connectivity index (χ1n) is 17.8. The van der Waals surface area contributed by atoms with Crippen molar-refractivity contribution in [3.8, 4) is 0 Å². The predicted octanol–water partition coefficient (Wildman–Crippen LogP) is 12.3. The number of hydrogen-bond donors (Lipinski definition) is 0. The Labute approximate surface area is 266 Å². The average molecular weight is 583 g/mol. The lowest BCUT2D eigenvalue weighted by Crippen LogP contribution is -2.10. The molecular weight excluding hydrogens is 520 g/mol. The molecule has 1 heteroatoms. The van der Waals surface area contributed by atoms with E-state index in [2.05, 4.69) is 63.3 Å². The van der Waals surface area contributed by atoms with Gasteiger partial charge in [-0.25, -0.2) is 0 Å². The van der Waals surface area contributed by atoms with Gasteiger partial charge in [0, 0.05) is 19.0 Å². The molecule has 3 aliphatic carbocycles. The number of fused-ring (bicyclic) bond motifs is 2. The SMILES string of the molecule is C.CCCCC(CCC)Cc1c(CCC)ccc2c1C/C(=C\C1=CCc3ccc(CCCC4CCCCCC4)cc31)C2=O.[HH]. The summed E-state index contributed by atoms with van der Waals surface area (Å²) in [7, 11) is 0. The van der Waals surface area contributed by atoms with Gasteiger partial charge in [-0.1, -0.05) is 148 Å². The zero-order valence-corrected chi connectivity index (χ0v) is 27.0. The molecule has 0 aromatic heterocycles. The monoisotopic (exact) mass is 582 g/mol. The van der Waals surface area contributed by atoms with Crippen LogP contribution in [0.5, 0.6) is 0 Å². The molecule has 0 heterocycles. The van der Waals surface area contributed by atoms with E-state index >= 15 is 0 Å². The Kier molecular flexibility index (Phi) is 12.9. The summed E-state index contributed by atoms with van der Waals surface area (Å²) in [5.74, 6) is 1.94. The lowest BCUT2D eigenvalue weighted by Gasteiger charge is -2.21. The van der Waals surface area contributed by atoms with Gasteiger partial charge in [-0.05, 0) is 89.0 Å². The van der Waals surface area contributed by atoms with Crippen molar-refractivity contribution in [3.05, 3.63) is 87.0 Å². The largest absolute Gasteiger partial charge is 0.289 e. The Balaban J connectivity index is 0.00000264. The minimum Gasteiger partial charge on any atom is -0.289 e. The maximum atomic E-state index is 13.8. The van der Waals surface area contributed by atoms with Crippen LogP contribution in [0, 0.1) is 11.8 Å². The zero-order chi connectivity index (χ0) is 29.3. The molecule has 43 heavy (non-hydrogen) atoms. The lowest BCUT2D eigenvalue weighted by atomic mass is 9.84. The highest BCUT2D eigenvalue weighted by atomic mass is 16.1. The molecule has 3 aliphatic rings. The van der Waals surface area contributed by atoms with Gasteiger partial charge in [-0.15, -0.1) is 0 Å². The summed E-state index contributed by atoms with van der Waals surface area (Å²) in [5, 5.41) is 0. The normalized spacial score (nSPS) is 18.3. The van der Waals surface area contributed by atoms with E-state index in [0.29, 0.717) is 0 Å². The molecular formula is C42H62O. The van der Waals surface area contributed by atoms with E-state index in [0.717, 1.165) is 55.1 Å². The number of ketones is 1. The van der Waals surface area contributed by atoms with E-state index in [1.807, 2.05) is 0 Å². The van der Waals surface area contributed by atoms with Crippen LogP contribution in [0.1, 0.15) is 163 Å². The summed E-state index contributed by atoms with van der Waals surface area (Å²) in [6.45, 7) is 6.91. The molecule has 1 nitrogen and oxygen atoms in total. The van der Waals surface area contributed by atoms with Crippen LogP contribution in [0.4, 0.5) is 0 Å². The van der Waals surface area contributed by atoms with Crippen molar-refractivity contribution >= 4 is 11.4 Å². The Morgan fingerprint density at radius 3 is 2.44 bits per heavy atom. The van der Waals surface area contributed by atoms with Gasteiger partial charge in [0.2, 0.25) is 0 Å². The third kappa shape index (κ3) is 8.40. The van der Waals surface area contributed by atoms with Crippen molar-refractivity contribution < 1.29 is 6.22 Å². The summed E-state index contributed by atoms with van der Waals surface area (Å²) >= 11 is 0. The maximum absolute atomic E-state index is 13.8. The van der Waals surface area contributed by atoms with Gasteiger partial charge in [0.15, 0.2) is 5.78 Å². The number of carbonyl (C=O) groups is 1. The van der Waals surface area contributed by atoms with Gasteiger partial charge in [0.05, 0.1) is 0 Å². The van der Waals surface area contributed by atoms with Crippen LogP contribution in [0.2, 0.25) is 0 Å². The van der Waals surface area contributed by atoms with E-state index in [-0.39, 0.29) is 14.6 Å². The van der Waals surface area contributed by atoms with Gasteiger partial charge >= 0.3 is 0 Å². The van der Waals surface area contributed by atoms with Crippen LogP contribution in [-0.4, -0.2) is 5.78 Å². The lowest BCUT2D eigenvalue weighted by molar-refractivity contribution is 0.103. The highest BCUT2D eigenvalue weighted by Gasteiger charge is 2.30. The maximum Gasteiger partial charge on any atom is 0.189 e. The highest BCUT2D eigenvalue weighted by Crippen LogP contribution is 2.38. The molecule has 0 radical (unpaired) electrons. The standard InChI is InChI=1S/C41H56O.CH4.H2/c1-4-7-15-31(13-5-2)27-39-33(14-6-3)24-25-37-40(39)29-36(41(37)42)28-35-23-22-34-21-20-32(26-38(34)35)19-12-18-30-16-10-8-9-11-17-30;;/h20-21,23-26,28,30-31H,4-19,22,27,29H2,1-3H3;1H4;1H/b36-28+;;. The average Bonchev–Trinajstić information content (AvgIpc) is 3.41. The second kappa shape index (κ2) is 16.6. The highest BCUT2D eigenvalue weighted by molar-refractivity contribution is 6.14. The van der Waals surface area contributed by atoms with Crippen LogP contribution in [0.15, 0.2) is 48.1 Å². The smallest absolute Gasteiger partial charge is 0.189 e. The second-order valence-electron chi connectivity index (χ2n) is 13.8. The summed E-state index contributed by atoms with van der Waals surface area (Å²) in [6, 6.07) is 11.6. The molecule has 5 rings (SSSR count). The summed E-state index contributed by atoms with van der Waals surface area (Å²) in [5.41, 5.74) is 11.9. The molecule has 1 unspecified atom stereocenters. The summed E-state index contributed by atoms with van der Waals surface area (Å²) in [4.78, 5) is 13.8. The number of carbonyl (C=O) groups excluding carboxylic acids is 1. The van der Waals surface area contributed by atoms with Gasteiger partial charge < -0.3 is 0 Å². The van der Waals surface area contributed by atoms with Crippen LogP contribution in [0.3, 0.4) is 0 Å². The third-order valence-corrected chi connectivity index (χ3v) is 10.5. The molecule has 236 valence electrons. The molecule has 2 aromatic rings. The Hall–Kier alpha value is -2.41. The number of benzene rings is 2. The molecule has 1 fully saturated rings. The van der Waals surface area contributed by atoms with Crippen LogP contribution in [0.25, 0.3) is 5.57 Å². The van der Waals surface area contributed by atoms with E-state index < -0.39 is 0 Å². The Bertz CT molecular complexity index is 1270. The van der Waals surface area contributed by atoms with Crippen molar-refractivity contribution in [1.82, 2.24) is 0 Å². The molecule has 0 amide bonds. The number of allylic oxidation sites excluding steroid dienone is 4. The van der Waals surface area contributed by atoms with Gasteiger partial charge in [0.25, 0.3) is 0 Å². The van der Waals surface area contributed by atoms with Crippen molar-refractivity contribution in [2.24, 2.45) is 11.8 Å². The summed E-state index contributed by atoms with van der Waals surface area (Å²) in [6.07, 6.45) is 28.8. The van der Waals surface area contributed by atoms with Crippen LogP contribution < -0.4 is 0 Å². The van der Waals surface area contributed by atoms with Gasteiger partial charge in [-0.3, -0.25) is 4.79 Å². The van der Waals surface area contributed by atoms with Crippen molar-refractivity contribution in [2.75, 3.05) is 0 Å². The quantitative estimate of drug-likeness (QED) is 0.160. The number of rotatable bonds is 14. The second-order valence-corrected chi connectivity index (χ2v) is 13.8. The molecule has 2 aromatic carbocycles. The number of hydrogen-bond acceptors (Lipinski definition) is 1. The van der Waals surface area contributed by atoms with Crippen LogP contribution >= 0.6 is 0 Å². The molecule has 0 bridgehead atoms. The van der Waals surface area contributed by atoms with E-state index in [4.69, 9.17) is 0 Å². The number of Topliss-reactive ketones (excluding diaryl/α,β-unsaturated/α-hetero) is 1. The molecule has 1 atom stereocenters. The minimum atomic E-state index is 0. The summed E-state index contributed by atoms with van der Waals surface area (Å²) < 4.78 is 0. The number of unbranched alkanes of at least 4 members (excludes halogenated alkanes) is 1. The van der Waals surface area contributed by atoms with Gasteiger partial charge in [-0.2, -0.15) is 0 Å². The van der Waals surface area contributed by atoms with Gasteiger partial charge in [0.1, 0.15) is 0 Å². The Morgan fingerprint density at radius 1 is 0.884 bits per heavy atom. The van der Waals surface area contributed by atoms with Crippen molar-refractivity contribution in [1.29, 1.82) is 0 Å². The van der Waals surface area contributed by atoms with E-state index in [1.54, 1.807) is 0 Å². The molecule has 0 aliphatic heterocycles. The molecule has 1 saturated carbocycles. The topological polar surface area (TPSA) is 17.1 Å². The fourth-order valence-corrected chi connectivity index (χ4v) is 8.14. The number of aryl methyl sites for hydroxylation is 2. The Morgan fingerprint density at radius 2 is 1.70 bits per heavy atom. The molecule has 0 saturated heterocycles. The van der Waals surface area contributed by atoms with Crippen molar-refractivity contribution in [2.45, 2.75) is 150 Å². The molecule has 0 spiro atoms. The van der Waals surface area contributed by atoms with E-state index in [1.165, 1.54) is 129 Å². The minimum absolute atomic E-state index is 0. The predicted molar refractivity (Wildman–Crippen MR) is 189 cm³/mol. The first-order valence-corrected chi connectivity index (χ1v) is 17.8. The van der Waals surface area contributed by atoms with E-state index in [9.17, 15) is 4.79 Å². The van der Waals surface area contributed by atoms with Crippen molar-refractivity contribution in [3.63, 3.8) is 0 Å². The first kappa shape index (κ1) is 33.5. The fraction of sp³-hybridized carbons (Fsp3) is 0.595.